The normalized spacial score (nSPS) is 10.4. The molecule has 2 rings (SSSR count). The molecule has 3 N–H and O–H groups in total. The van der Waals surface area contributed by atoms with E-state index in [1.807, 2.05) is 44.4 Å². The Balaban J connectivity index is 2.02. The summed E-state index contributed by atoms with van der Waals surface area (Å²) in [5.74, 6) is 0. The lowest BCUT2D eigenvalue weighted by Crippen LogP contribution is -2.02. The molecule has 1 aromatic carbocycles. The quantitative estimate of drug-likeness (QED) is 0.771. The molecular weight excluding hydrogens is 200 g/mol. The van der Waals surface area contributed by atoms with Crippen LogP contribution in [0.1, 0.15) is 11.3 Å². The maximum atomic E-state index is 5.83. The minimum Gasteiger partial charge on any atom is -0.398 e. The highest BCUT2D eigenvalue weighted by Crippen LogP contribution is 2.17. The molecule has 0 aliphatic rings. The Morgan fingerprint density at radius 2 is 2.19 bits per heavy atom. The van der Waals surface area contributed by atoms with Crippen LogP contribution in [-0.4, -0.2) is 9.78 Å². The lowest BCUT2D eigenvalue weighted by Gasteiger charge is -2.06. The Morgan fingerprint density at radius 3 is 2.81 bits per heavy atom. The fourth-order valence-electron chi connectivity index (χ4n) is 1.50. The Kier molecular flexibility index (Phi) is 2.81. The molecule has 2 aromatic rings. The van der Waals surface area contributed by atoms with Gasteiger partial charge in [-0.3, -0.25) is 4.68 Å². The van der Waals surface area contributed by atoms with E-state index in [9.17, 15) is 0 Å². The average molecular weight is 216 g/mol. The monoisotopic (exact) mass is 216 g/mol. The molecule has 84 valence electrons. The van der Waals surface area contributed by atoms with Crippen molar-refractivity contribution in [3.05, 3.63) is 41.7 Å². The third-order valence-electron chi connectivity index (χ3n) is 2.52. The van der Waals surface area contributed by atoms with E-state index in [-0.39, 0.29) is 0 Å². The van der Waals surface area contributed by atoms with Crippen molar-refractivity contribution >= 4 is 11.4 Å². The van der Waals surface area contributed by atoms with Gasteiger partial charge >= 0.3 is 0 Å². The van der Waals surface area contributed by atoms with Crippen molar-refractivity contribution in [1.82, 2.24) is 9.78 Å². The predicted molar refractivity (Wildman–Crippen MR) is 66.1 cm³/mol. The van der Waals surface area contributed by atoms with E-state index in [0.29, 0.717) is 6.54 Å². The highest BCUT2D eigenvalue weighted by atomic mass is 15.3. The fourth-order valence-corrected chi connectivity index (χ4v) is 1.50. The van der Waals surface area contributed by atoms with Gasteiger partial charge in [-0.1, -0.05) is 6.07 Å². The summed E-state index contributed by atoms with van der Waals surface area (Å²) in [4.78, 5) is 0. The minimum atomic E-state index is 0.712. The van der Waals surface area contributed by atoms with Crippen LogP contribution in [0, 0.1) is 6.92 Å². The largest absolute Gasteiger partial charge is 0.398 e. The molecule has 0 aliphatic heterocycles. The Hall–Kier alpha value is -1.97. The molecule has 0 fully saturated rings. The lowest BCUT2D eigenvalue weighted by molar-refractivity contribution is 0.747. The van der Waals surface area contributed by atoms with Crippen molar-refractivity contribution < 1.29 is 0 Å². The molecular formula is C12H16N4. The van der Waals surface area contributed by atoms with Crippen molar-refractivity contribution in [2.75, 3.05) is 11.1 Å². The number of nitrogen functional groups attached to an aromatic ring is 1. The summed E-state index contributed by atoms with van der Waals surface area (Å²) in [7, 11) is 1.91. The molecule has 0 atom stereocenters. The fraction of sp³-hybridized carbons (Fsp3) is 0.250. The van der Waals surface area contributed by atoms with Gasteiger partial charge in [0.1, 0.15) is 0 Å². The summed E-state index contributed by atoms with van der Waals surface area (Å²) in [6.07, 6.45) is 1.93. The Bertz CT molecular complexity index is 488. The van der Waals surface area contributed by atoms with Crippen LogP contribution in [-0.2, 0) is 13.6 Å². The first-order valence-corrected chi connectivity index (χ1v) is 5.23. The summed E-state index contributed by atoms with van der Waals surface area (Å²) < 4.78 is 1.79. The number of nitrogens with two attached hydrogens (primary N) is 1. The SMILES string of the molecule is Cc1ccc(NCc2ccn(C)n2)cc1N. The van der Waals surface area contributed by atoms with Crippen LogP contribution < -0.4 is 11.1 Å². The van der Waals surface area contributed by atoms with Gasteiger partial charge in [0, 0.05) is 24.6 Å². The third kappa shape index (κ3) is 2.34. The topological polar surface area (TPSA) is 55.9 Å². The first-order valence-electron chi connectivity index (χ1n) is 5.23. The molecule has 1 aromatic heterocycles. The molecule has 1 heterocycles. The highest BCUT2D eigenvalue weighted by molar-refractivity contribution is 5.58. The molecule has 0 saturated carbocycles. The number of hydrogen-bond acceptors (Lipinski definition) is 3. The zero-order valence-electron chi connectivity index (χ0n) is 9.57. The van der Waals surface area contributed by atoms with Gasteiger partial charge in [-0.05, 0) is 30.7 Å². The number of aromatic nitrogens is 2. The second-order valence-electron chi connectivity index (χ2n) is 3.91. The van der Waals surface area contributed by atoms with Crippen molar-refractivity contribution in [2.24, 2.45) is 7.05 Å². The highest BCUT2D eigenvalue weighted by Gasteiger charge is 1.99. The first-order chi connectivity index (χ1) is 7.65. The van der Waals surface area contributed by atoms with Crippen LogP contribution in [0.2, 0.25) is 0 Å². The maximum Gasteiger partial charge on any atom is 0.0815 e. The van der Waals surface area contributed by atoms with Crippen molar-refractivity contribution in [2.45, 2.75) is 13.5 Å². The number of anilines is 2. The molecule has 16 heavy (non-hydrogen) atoms. The van der Waals surface area contributed by atoms with Gasteiger partial charge in [0.05, 0.1) is 12.2 Å². The van der Waals surface area contributed by atoms with Crippen LogP contribution in [0.3, 0.4) is 0 Å². The van der Waals surface area contributed by atoms with E-state index < -0.39 is 0 Å². The molecule has 4 nitrogen and oxygen atoms in total. The molecule has 0 spiro atoms. The standard InChI is InChI=1S/C12H16N4/c1-9-3-4-10(7-12(9)13)14-8-11-5-6-16(2)15-11/h3-7,14H,8,13H2,1-2H3. The maximum absolute atomic E-state index is 5.83. The molecule has 0 saturated heterocycles. The summed E-state index contributed by atoms with van der Waals surface area (Å²) in [5, 5.41) is 7.58. The average Bonchev–Trinajstić information content (AvgIpc) is 2.66. The van der Waals surface area contributed by atoms with Crippen molar-refractivity contribution in [1.29, 1.82) is 0 Å². The van der Waals surface area contributed by atoms with E-state index in [2.05, 4.69) is 10.4 Å². The van der Waals surface area contributed by atoms with E-state index in [4.69, 9.17) is 5.73 Å². The zero-order valence-corrected chi connectivity index (χ0v) is 9.57. The van der Waals surface area contributed by atoms with Crippen molar-refractivity contribution in [3.8, 4) is 0 Å². The van der Waals surface area contributed by atoms with Crippen LogP contribution in [0.15, 0.2) is 30.5 Å². The van der Waals surface area contributed by atoms with Crippen LogP contribution >= 0.6 is 0 Å². The van der Waals surface area contributed by atoms with E-state index >= 15 is 0 Å². The second-order valence-corrected chi connectivity index (χ2v) is 3.91. The first kappa shape index (κ1) is 10.5. The number of nitrogens with zero attached hydrogens (tertiary/aromatic N) is 2. The summed E-state index contributed by atoms with van der Waals surface area (Å²) in [6, 6.07) is 7.97. The lowest BCUT2D eigenvalue weighted by atomic mass is 10.2. The van der Waals surface area contributed by atoms with E-state index in [0.717, 1.165) is 22.6 Å². The number of aryl methyl sites for hydroxylation is 2. The molecule has 4 heteroatoms. The third-order valence-corrected chi connectivity index (χ3v) is 2.52. The number of hydrogen-bond donors (Lipinski definition) is 2. The number of rotatable bonds is 3. The minimum absolute atomic E-state index is 0.712. The summed E-state index contributed by atoms with van der Waals surface area (Å²) >= 11 is 0. The van der Waals surface area contributed by atoms with Gasteiger partial charge in [0.15, 0.2) is 0 Å². The number of nitrogens with one attached hydrogen (secondary N) is 1. The molecule has 0 aliphatic carbocycles. The van der Waals surface area contributed by atoms with Crippen LogP contribution in [0.4, 0.5) is 11.4 Å². The van der Waals surface area contributed by atoms with E-state index in [1.54, 1.807) is 4.68 Å². The predicted octanol–water partition coefficient (Wildman–Crippen LogP) is 1.92. The Morgan fingerprint density at radius 1 is 1.38 bits per heavy atom. The van der Waals surface area contributed by atoms with Crippen LogP contribution in [0.5, 0.6) is 0 Å². The van der Waals surface area contributed by atoms with Gasteiger partial charge in [-0.15, -0.1) is 0 Å². The summed E-state index contributed by atoms with van der Waals surface area (Å²) in [5.41, 5.74) is 9.78. The van der Waals surface area contributed by atoms with E-state index in [1.165, 1.54) is 0 Å². The van der Waals surface area contributed by atoms with Gasteiger partial charge in [-0.25, -0.2) is 0 Å². The number of benzene rings is 1. The molecule has 0 unspecified atom stereocenters. The van der Waals surface area contributed by atoms with Gasteiger partial charge in [-0.2, -0.15) is 5.10 Å². The summed E-state index contributed by atoms with van der Waals surface area (Å²) in [6.45, 7) is 2.71. The molecule has 0 amide bonds. The smallest absolute Gasteiger partial charge is 0.0815 e. The zero-order chi connectivity index (χ0) is 11.5. The van der Waals surface area contributed by atoms with Gasteiger partial charge in [0.2, 0.25) is 0 Å². The van der Waals surface area contributed by atoms with Gasteiger partial charge < -0.3 is 11.1 Å². The Labute approximate surface area is 95.1 Å². The van der Waals surface area contributed by atoms with Crippen LogP contribution in [0.25, 0.3) is 0 Å². The van der Waals surface area contributed by atoms with Gasteiger partial charge in [0.25, 0.3) is 0 Å². The molecule has 0 radical (unpaired) electrons. The van der Waals surface area contributed by atoms with Crippen molar-refractivity contribution in [3.63, 3.8) is 0 Å². The second kappa shape index (κ2) is 4.26. The molecule has 0 bridgehead atoms.